The average molecular weight is 282 g/mol. The lowest BCUT2D eigenvalue weighted by Crippen LogP contribution is -2.12. The van der Waals surface area contributed by atoms with Crippen LogP contribution in [0.2, 0.25) is 0 Å². The van der Waals surface area contributed by atoms with Crippen LogP contribution in [0.4, 0.5) is 0 Å². The van der Waals surface area contributed by atoms with Crippen molar-refractivity contribution in [3.63, 3.8) is 0 Å². The first kappa shape index (κ1) is 11.2. The van der Waals surface area contributed by atoms with Crippen molar-refractivity contribution in [1.29, 1.82) is 0 Å². The largest absolute Gasteiger partial charge is 0.506 e. The smallest absolute Gasteiger partial charge is 0.134 e. The number of halogens is 1. The monoisotopic (exact) mass is 281 g/mol. The van der Waals surface area contributed by atoms with Gasteiger partial charge in [0.2, 0.25) is 0 Å². The fraction of sp³-hybridized carbons (Fsp3) is 0.167. The zero-order valence-corrected chi connectivity index (χ0v) is 10.2. The van der Waals surface area contributed by atoms with E-state index in [4.69, 9.17) is 4.42 Å². The number of hydrogen-bond donors (Lipinski definition) is 2. The number of furan rings is 1. The van der Waals surface area contributed by atoms with Crippen LogP contribution in [0.5, 0.6) is 5.75 Å². The lowest BCUT2D eigenvalue weighted by molar-refractivity contribution is 0.454. The molecular weight excluding hydrogens is 270 g/mol. The van der Waals surface area contributed by atoms with Gasteiger partial charge in [-0.15, -0.1) is 0 Å². The Balaban J connectivity index is 1.92. The summed E-state index contributed by atoms with van der Waals surface area (Å²) in [6, 6.07) is 9.36. The predicted molar refractivity (Wildman–Crippen MR) is 65.1 cm³/mol. The Morgan fingerprint density at radius 1 is 1.19 bits per heavy atom. The number of phenolic OH excluding ortho intramolecular Hbond substituents is 1. The first-order chi connectivity index (χ1) is 7.77. The molecule has 0 spiro atoms. The SMILES string of the molecule is Oc1c(Br)cccc1CNCc1ccco1. The van der Waals surface area contributed by atoms with Gasteiger partial charge in [0.25, 0.3) is 0 Å². The minimum atomic E-state index is 0.287. The van der Waals surface area contributed by atoms with Gasteiger partial charge in [0, 0.05) is 12.1 Å². The van der Waals surface area contributed by atoms with Crippen LogP contribution in [0.1, 0.15) is 11.3 Å². The maximum absolute atomic E-state index is 9.74. The van der Waals surface area contributed by atoms with Crippen molar-refractivity contribution in [3.8, 4) is 5.75 Å². The van der Waals surface area contributed by atoms with E-state index in [1.54, 1.807) is 6.26 Å². The van der Waals surface area contributed by atoms with Gasteiger partial charge in [-0.05, 0) is 34.1 Å². The van der Waals surface area contributed by atoms with Crippen LogP contribution >= 0.6 is 15.9 Å². The number of rotatable bonds is 4. The van der Waals surface area contributed by atoms with E-state index in [2.05, 4.69) is 21.2 Å². The molecule has 0 atom stereocenters. The van der Waals surface area contributed by atoms with Gasteiger partial charge in [-0.2, -0.15) is 0 Å². The van der Waals surface area contributed by atoms with Crippen molar-refractivity contribution in [1.82, 2.24) is 5.32 Å². The summed E-state index contributed by atoms with van der Waals surface area (Å²) in [5, 5.41) is 12.9. The highest BCUT2D eigenvalue weighted by atomic mass is 79.9. The second-order valence-corrected chi connectivity index (χ2v) is 4.28. The molecule has 16 heavy (non-hydrogen) atoms. The average Bonchev–Trinajstić information content (AvgIpc) is 2.77. The van der Waals surface area contributed by atoms with Gasteiger partial charge in [-0.3, -0.25) is 0 Å². The lowest BCUT2D eigenvalue weighted by Gasteiger charge is -2.06. The second-order valence-electron chi connectivity index (χ2n) is 3.43. The van der Waals surface area contributed by atoms with E-state index in [-0.39, 0.29) is 5.75 Å². The highest BCUT2D eigenvalue weighted by Crippen LogP contribution is 2.27. The van der Waals surface area contributed by atoms with Crippen LogP contribution < -0.4 is 5.32 Å². The van der Waals surface area contributed by atoms with Crippen molar-refractivity contribution in [3.05, 3.63) is 52.4 Å². The molecule has 0 unspecified atom stereocenters. The highest BCUT2D eigenvalue weighted by Gasteiger charge is 2.04. The summed E-state index contributed by atoms with van der Waals surface area (Å²) in [4.78, 5) is 0. The van der Waals surface area contributed by atoms with Crippen molar-refractivity contribution < 1.29 is 9.52 Å². The van der Waals surface area contributed by atoms with Gasteiger partial charge >= 0.3 is 0 Å². The minimum Gasteiger partial charge on any atom is -0.506 e. The van der Waals surface area contributed by atoms with Crippen molar-refractivity contribution in [2.24, 2.45) is 0 Å². The Bertz CT molecular complexity index is 454. The summed E-state index contributed by atoms with van der Waals surface area (Å²) >= 11 is 3.28. The van der Waals surface area contributed by atoms with E-state index in [1.807, 2.05) is 30.3 Å². The Kier molecular flexibility index (Phi) is 3.64. The molecule has 0 fully saturated rings. The molecule has 1 aromatic heterocycles. The number of benzene rings is 1. The molecule has 0 aliphatic heterocycles. The summed E-state index contributed by atoms with van der Waals surface area (Å²) in [6.45, 7) is 1.25. The summed E-state index contributed by atoms with van der Waals surface area (Å²) < 4.78 is 5.90. The first-order valence-corrected chi connectivity index (χ1v) is 5.76. The zero-order valence-electron chi connectivity index (χ0n) is 8.61. The molecule has 0 aliphatic carbocycles. The standard InChI is InChI=1S/C12H12BrNO2/c13-11-5-1-3-9(12(11)15)7-14-8-10-4-2-6-16-10/h1-6,14-15H,7-8H2. The number of hydrogen-bond acceptors (Lipinski definition) is 3. The summed E-state index contributed by atoms with van der Waals surface area (Å²) in [5.74, 6) is 1.17. The fourth-order valence-electron chi connectivity index (χ4n) is 1.44. The Hall–Kier alpha value is -1.26. The molecule has 0 saturated heterocycles. The number of aromatic hydroxyl groups is 1. The Labute approximate surface area is 102 Å². The summed E-state index contributed by atoms with van der Waals surface area (Å²) in [7, 11) is 0. The highest BCUT2D eigenvalue weighted by molar-refractivity contribution is 9.10. The molecular formula is C12H12BrNO2. The lowest BCUT2D eigenvalue weighted by atomic mass is 10.2. The Morgan fingerprint density at radius 3 is 2.81 bits per heavy atom. The summed E-state index contributed by atoms with van der Waals surface area (Å²) in [6.07, 6.45) is 1.65. The van der Waals surface area contributed by atoms with E-state index < -0.39 is 0 Å². The van der Waals surface area contributed by atoms with Crippen LogP contribution in [0, 0.1) is 0 Å². The van der Waals surface area contributed by atoms with Crippen LogP contribution in [-0.4, -0.2) is 5.11 Å². The number of para-hydroxylation sites is 1. The second kappa shape index (κ2) is 5.18. The zero-order chi connectivity index (χ0) is 11.4. The van der Waals surface area contributed by atoms with E-state index in [1.165, 1.54) is 0 Å². The molecule has 2 rings (SSSR count). The minimum absolute atomic E-state index is 0.287. The van der Waals surface area contributed by atoms with Crippen LogP contribution in [0.25, 0.3) is 0 Å². The molecule has 0 bridgehead atoms. The predicted octanol–water partition coefficient (Wildman–Crippen LogP) is 3.04. The van der Waals surface area contributed by atoms with Gasteiger partial charge in [0.1, 0.15) is 11.5 Å². The molecule has 0 radical (unpaired) electrons. The molecule has 2 aromatic rings. The third kappa shape index (κ3) is 2.65. The van der Waals surface area contributed by atoms with Gasteiger partial charge in [0.15, 0.2) is 0 Å². The molecule has 2 N–H and O–H groups in total. The first-order valence-electron chi connectivity index (χ1n) is 4.97. The quantitative estimate of drug-likeness (QED) is 0.906. The molecule has 0 amide bonds. The van der Waals surface area contributed by atoms with Crippen LogP contribution in [0.15, 0.2) is 45.5 Å². The van der Waals surface area contributed by atoms with Crippen molar-refractivity contribution >= 4 is 15.9 Å². The normalized spacial score (nSPS) is 10.6. The fourth-order valence-corrected chi connectivity index (χ4v) is 1.84. The third-order valence-corrected chi connectivity index (χ3v) is 2.91. The van der Waals surface area contributed by atoms with E-state index in [0.29, 0.717) is 17.6 Å². The van der Waals surface area contributed by atoms with Crippen LogP contribution in [-0.2, 0) is 13.1 Å². The molecule has 84 valence electrons. The molecule has 4 heteroatoms. The maximum atomic E-state index is 9.74. The van der Waals surface area contributed by atoms with E-state index in [0.717, 1.165) is 11.3 Å². The third-order valence-electron chi connectivity index (χ3n) is 2.27. The van der Waals surface area contributed by atoms with E-state index in [9.17, 15) is 5.11 Å². The van der Waals surface area contributed by atoms with Gasteiger partial charge < -0.3 is 14.8 Å². The van der Waals surface area contributed by atoms with Crippen LogP contribution in [0.3, 0.4) is 0 Å². The van der Waals surface area contributed by atoms with Gasteiger partial charge in [-0.25, -0.2) is 0 Å². The van der Waals surface area contributed by atoms with E-state index >= 15 is 0 Å². The number of nitrogens with one attached hydrogen (secondary N) is 1. The molecule has 3 nitrogen and oxygen atoms in total. The number of phenols is 1. The van der Waals surface area contributed by atoms with Gasteiger partial charge in [-0.1, -0.05) is 12.1 Å². The molecule has 0 aliphatic rings. The summed E-state index contributed by atoms with van der Waals surface area (Å²) in [5.41, 5.74) is 0.862. The van der Waals surface area contributed by atoms with Gasteiger partial charge in [0.05, 0.1) is 17.3 Å². The van der Waals surface area contributed by atoms with Crippen molar-refractivity contribution in [2.45, 2.75) is 13.1 Å². The molecule has 1 aromatic carbocycles. The molecule has 1 heterocycles. The molecule has 0 saturated carbocycles. The maximum Gasteiger partial charge on any atom is 0.134 e. The topological polar surface area (TPSA) is 45.4 Å². The Morgan fingerprint density at radius 2 is 2.06 bits per heavy atom. The van der Waals surface area contributed by atoms with Crippen molar-refractivity contribution in [2.75, 3.05) is 0 Å².